The average molecular weight is 624 g/mol. The molecule has 3 N–H and O–H groups in total. The molecule has 2 aliphatic rings. The third-order valence-corrected chi connectivity index (χ3v) is 9.92. The normalized spacial score (nSPS) is 27.4. The van der Waals surface area contributed by atoms with Crippen LogP contribution in [0.3, 0.4) is 0 Å². The predicted molar refractivity (Wildman–Crippen MR) is 175 cm³/mol. The van der Waals surface area contributed by atoms with Gasteiger partial charge < -0.3 is 25.0 Å². The van der Waals surface area contributed by atoms with Gasteiger partial charge in [-0.1, -0.05) is 45.9 Å². The first-order valence-electron chi connectivity index (χ1n) is 15.7. The standard InChI is InChI=1S/C35H49N3O7/c1-20-16-35(4,5)21(2)12-26(20)17-36-33(41)31-30(22(3)40)29(19-39)45-38(31)18-23-10-9-11-28(32(23)44-8)24-13-25(34(42)43)15-27(14-24)37(6)7/h9-11,13-15,17,20-22,26,29-31,39-40H,12,16,18-19H2,1-8H3,(H,42,43)/t20-,21+,22-,26?,29-,30?,31-/m0/s1. The molecule has 2 aromatic carbocycles. The molecule has 10 heteroatoms. The van der Waals surface area contributed by atoms with Gasteiger partial charge in [0.1, 0.15) is 17.9 Å². The molecule has 0 aromatic heterocycles. The number of hydroxylamine groups is 2. The van der Waals surface area contributed by atoms with Crippen molar-refractivity contribution in [2.75, 3.05) is 32.7 Å². The van der Waals surface area contributed by atoms with Crippen molar-refractivity contribution >= 4 is 23.8 Å². The number of anilines is 1. The number of para-hydroxylation sites is 1. The number of ether oxygens (including phenoxy) is 1. The number of hydrogen-bond acceptors (Lipinski definition) is 8. The van der Waals surface area contributed by atoms with E-state index in [4.69, 9.17) is 9.57 Å². The number of nitrogens with zero attached hydrogens (tertiary/aromatic N) is 3. The summed E-state index contributed by atoms with van der Waals surface area (Å²) in [5, 5.41) is 32.2. The minimum atomic E-state index is -1.04. The molecule has 1 saturated heterocycles. The number of aliphatic hydroxyl groups is 2. The summed E-state index contributed by atoms with van der Waals surface area (Å²) in [6, 6.07) is 9.70. The van der Waals surface area contributed by atoms with Crippen LogP contribution >= 0.6 is 0 Å². The van der Waals surface area contributed by atoms with E-state index in [2.05, 4.69) is 32.7 Å². The lowest BCUT2D eigenvalue weighted by atomic mass is 9.62. The number of aromatic carboxylic acids is 1. The Morgan fingerprint density at radius 3 is 2.53 bits per heavy atom. The molecular weight excluding hydrogens is 574 g/mol. The highest BCUT2D eigenvalue weighted by Gasteiger charge is 2.49. The summed E-state index contributed by atoms with van der Waals surface area (Å²) in [6.45, 7) is 10.3. The molecule has 1 heterocycles. The Bertz CT molecular complexity index is 1410. The number of carbonyl (C=O) groups excluding carboxylic acids is 1. The van der Waals surface area contributed by atoms with Crippen molar-refractivity contribution in [2.24, 2.45) is 34.1 Å². The third kappa shape index (κ3) is 7.41. The van der Waals surface area contributed by atoms with Crippen molar-refractivity contribution in [3.8, 4) is 16.9 Å². The highest BCUT2D eigenvalue weighted by Crippen LogP contribution is 2.45. The topological polar surface area (TPSA) is 132 Å². The van der Waals surface area contributed by atoms with Crippen molar-refractivity contribution < 1.29 is 34.5 Å². The van der Waals surface area contributed by atoms with Crippen LogP contribution in [0, 0.1) is 29.1 Å². The third-order valence-electron chi connectivity index (χ3n) is 9.92. The number of amides is 1. The number of methoxy groups -OCH3 is 1. The van der Waals surface area contributed by atoms with Gasteiger partial charge in [0.25, 0.3) is 5.91 Å². The first kappa shape index (κ1) is 34.6. The number of hydrogen-bond donors (Lipinski definition) is 3. The minimum Gasteiger partial charge on any atom is -0.496 e. The number of carbonyl (C=O) groups is 2. The number of carboxylic acid groups (broad SMARTS) is 1. The van der Waals surface area contributed by atoms with E-state index in [1.807, 2.05) is 43.3 Å². The summed E-state index contributed by atoms with van der Waals surface area (Å²) in [6.07, 6.45) is 2.02. The van der Waals surface area contributed by atoms with Crippen molar-refractivity contribution in [3.63, 3.8) is 0 Å². The fourth-order valence-electron chi connectivity index (χ4n) is 6.95. The Hall–Kier alpha value is -3.31. The first-order valence-corrected chi connectivity index (χ1v) is 15.7. The minimum absolute atomic E-state index is 0.104. The Labute approximate surface area is 266 Å². The van der Waals surface area contributed by atoms with Crippen LogP contribution in [0.25, 0.3) is 11.1 Å². The molecule has 0 radical (unpaired) electrons. The van der Waals surface area contributed by atoms with Crippen molar-refractivity contribution in [3.05, 3.63) is 47.5 Å². The SMILES string of the molecule is COc1c(CN2O[C@@H](CO)C([C@H](C)O)[C@H]2C(=O)N=CC2C[C@@H](C)C(C)(C)C[C@@H]2C)cccc1-c1cc(C(=O)O)cc(N(C)C)c1. The molecule has 7 atom stereocenters. The van der Waals surface area contributed by atoms with Crippen molar-refractivity contribution in [1.82, 2.24) is 5.06 Å². The zero-order valence-electron chi connectivity index (χ0n) is 27.7. The zero-order valence-corrected chi connectivity index (χ0v) is 27.7. The maximum atomic E-state index is 13.8. The quantitative estimate of drug-likeness (QED) is 0.316. The van der Waals surface area contributed by atoms with E-state index in [1.54, 1.807) is 25.3 Å². The second-order valence-corrected chi connectivity index (χ2v) is 13.7. The summed E-state index contributed by atoms with van der Waals surface area (Å²) < 4.78 is 5.87. The van der Waals surface area contributed by atoms with Crippen molar-refractivity contribution in [2.45, 2.75) is 72.3 Å². The fraction of sp³-hybridized carbons (Fsp3) is 0.571. The largest absolute Gasteiger partial charge is 0.496 e. The van der Waals surface area contributed by atoms with Gasteiger partial charge in [0, 0.05) is 43.0 Å². The van der Waals surface area contributed by atoms with Gasteiger partial charge in [0.05, 0.1) is 31.9 Å². The second kappa shape index (κ2) is 14.0. The first-order chi connectivity index (χ1) is 21.2. The van der Waals surface area contributed by atoms with E-state index < -0.39 is 36.0 Å². The molecule has 2 unspecified atom stereocenters. The van der Waals surface area contributed by atoms with E-state index in [0.29, 0.717) is 34.3 Å². The summed E-state index contributed by atoms with van der Waals surface area (Å²) in [4.78, 5) is 38.1. The maximum absolute atomic E-state index is 13.8. The monoisotopic (exact) mass is 623 g/mol. The van der Waals surface area contributed by atoms with Crippen LogP contribution in [0.2, 0.25) is 0 Å². The molecule has 10 nitrogen and oxygen atoms in total. The van der Waals surface area contributed by atoms with Crippen molar-refractivity contribution in [1.29, 1.82) is 0 Å². The van der Waals surface area contributed by atoms with Crippen LogP contribution < -0.4 is 9.64 Å². The lowest BCUT2D eigenvalue weighted by molar-refractivity contribution is -0.180. The molecule has 4 rings (SSSR count). The Balaban J connectivity index is 1.68. The summed E-state index contributed by atoms with van der Waals surface area (Å²) in [5.41, 5.74) is 3.11. The predicted octanol–water partition coefficient (Wildman–Crippen LogP) is 4.91. The second-order valence-electron chi connectivity index (χ2n) is 13.7. The molecule has 1 amide bonds. The fourth-order valence-corrected chi connectivity index (χ4v) is 6.95. The van der Waals surface area contributed by atoms with Crippen LogP contribution in [0.4, 0.5) is 5.69 Å². The van der Waals surface area contributed by atoms with Crippen LogP contribution in [0.1, 0.15) is 63.4 Å². The van der Waals surface area contributed by atoms with E-state index >= 15 is 0 Å². The van der Waals surface area contributed by atoms with E-state index in [9.17, 15) is 24.9 Å². The molecular formula is C35H49N3O7. The molecule has 1 saturated carbocycles. The number of aliphatic hydroxyl groups excluding tert-OH is 2. The van der Waals surface area contributed by atoms with Crippen LogP contribution in [-0.2, 0) is 16.2 Å². The van der Waals surface area contributed by atoms with Gasteiger partial charge in [-0.2, -0.15) is 5.06 Å². The molecule has 2 fully saturated rings. The van der Waals surface area contributed by atoms with Crippen LogP contribution in [-0.4, -0.2) is 84.5 Å². The number of benzene rings is 2. The summed E-state index contributed by atoms with van der Waals surface area (Å²) in [5.74, 6) is -0.649. The molecule has 0 spiro atoms. The zero-order chi connectivity index (χ0) is 33.2. The van der Waals surface area contributed by atoms with Gasteiger partial charge in [0.15, 0.2) is 0 Å². The summed E-state index contributed by atoms with van der Waals surface area (Å²) in [7, 11) is 5.22. The Morgan fingerprint density at radius 2 is 1.93 bits per heavy atom. The van der Waals surface area contributed by atoms with Gasteiger partial charge in [-0.05, 0) is 66.7 Å². The molecule has 2 aromatic rings. The number of aliphatic imine (C=N–C) groups is 1. The van der Waals surface area contributed by atoms with E-state index in [0.717, 1.165) is 18.5 Å². The average Bonchev–Trinajstić information content (AvgIpc) is 3.36. The van der Waals surface area contributed by atoms with E-state index in [-0.39, 0.29) is 30.0 Å². The molecule has 1 aliphatic carbocycles. The number of carboxylic acids is 1. The highest BCUT2D eigenvalue weighted by molar-refractivity contribution is 5.92. The highest BCUT2D eigenvalue weighted by atomic mass is 16.7. The van der Waals surface area contributed by atoms with Gasteiger partial charge >= 0.3 is 5.97 Å². The molecule has 0 bridgehead atoms. The molecule has 246 valence electrons. The van der Waals surface area contributed by atoms with Crippen LogP contribution in [0.5, 0.6) is 5.75 Å². The van der Waals surface area contributed by atoms with Gasteiger partial charge in [-0.15, -0.1) is 0 Å². The van der Waals surface area contributed by atoms with Gasteiger partial charge in [0.2, 0.25) is 0 Å². The smallest absolute Gasteiger partial charge is 0.335 e. The lowest BCUT2D eigenvalue weighted by Crippen LogP contribution is -2.43. The van der Waals surface area contributed by atoms with E-state index in [1.165, 1.54) is 12.2 Å². The molecule has 1 aliphatic heterocycles. The van der Waals surface area contributed by atoms with Gasteiger partial charge in [-0.3, -0.25) is 9.63 Å². The lowest BCUT2D eigenvalue weighted by Gasteiger charge is -2.43. The Kier molecular flexibility index (Phi) is 10.7. The van der Waals surface area contributed by atoms with Gasteiger partial charge in [-0.25, -0.2) is 9.79 Å². The molecule has 45 heavy (non-hydrogen) atoms. The Morgan fingerprint density at radius 1 is 1.22 bits per heavy atom. The number of rotatable bonds is 10. The maximum Gasteiger partial charge on any atom is 0.335 e. The van der Waals surface area contributed by atoms with Crippen LogP contribution in [0.15, 0.2) is 41.4 Å². The summed E-state index contributed by atoms with van der Waals surface area (Å²) >= 11 is 0.